The Morgan fingerprint density at radius 2 is 2.11 bits per heavy atom. The molecule has 18 heavy (non-hydrogen) atoms. The van der Waals surface area contributed by atoms with Crippen molar-refractivity contribution in [1.29, 1.82) is 0 Å². The molecule has 2 unspecified atom stereocenters. The fourth-order valence-corrected chi connectivity index (χ4v) is 2.30. The second kappa shape index (κ2) is 5.77. The Morgan fingerprint density at radius 1 is 1.33 bits per heavy atom. The van der Waals surface area contributed by atoms with Crippen molar-refractivity contribution in [1.82, 2.24) is 10.3 Å². The molecule has 0 saturated carbocycles. The molecule has 0 radical (unpaired) electrons. The fraction of sp³-hybridized carbons (Fsp3) is 0.467. The normalized spacial score (nSPS) is 14.9. The molecule has 0 fully saturated rings. The fourth-order valence-electron chi connectivity index (χ4n) is 2.13. The predicted molar refractivity (Wildman–Crippen MR) is 79.1 cm³/mol. The maximum absolute atomic E-state index is 5.98. The lowest BCUT2D eigenvalue weighted by Crippen LogP contribution is -2.31. The summed E-state index contributed by atoms with van der Waals surface area (Å²) in [5.41, 5.74) is 2.41. The summed E-state index contributed by atoms with van der Waals surface area (Å²) in [6.45, 7) is 7.66. The first-order valence-electron chi connectivity index (χ1n) is 6.60. The second-order valence-corrected chi connectivity index (χ2v) is 5.50. The molecule has 0 aliphatic heterocycles. The van der Waals surface area contributed by atoms with Gasteiger partial charge in [0.05, 0.1) is 0 Å². The average Bonchev–Trinajstić information content (AvgIpc) is 2.77. The van der Waals surface area contributed by atoms with Crippen molar-refractivity contribution in [3.8, 4) is 0 Å². The first-order valence-corrected chi connectivity index (χ1v) is 6.98. The van der Waals surface area contributed by atoms with E-state index < -0.39 is 0 Å². The zero-order valence-electron chi connectivity index (χ0n) is 11.3. The van der Waals surface area contributed by atoms with Gasteiger partial charge in [0.15, 0.2) is 0 Å². The minimum atomic E-state index is 0.534. The molecule has 0 spiro atoms. The highest BCUT2D eigenvalue weighted by atomic mass is 35.5. The topological polar surface area (TPSA) is 27.8 Å². The van der Waals surface area contributed by atoms with Gasteiger partial charge in [0.1, 0.15) is 0 Å². The van der Waals surface area contributed by atoms with Gasteiger partial charge < -0.3 is 10.3 Å². The maximum atomic E-state index is 5.98. The maximum Gasteiger partial charge on any atom is 0.0472 e. The van der Waals surface area contributed by atoms with Crippen LogP contribution in [0.1, 0.15) is 32.8 Å². The number of benzene rings is 1. The minimum Gasteiger partial charge on any atom is -0.361 e. The molecule has 2 nitrogen and oxygen atoms in total. The van der Waals surface area contributed by atoms with Crippen LogP contribution in [0.15, 0.2) is 24.4 Å². The van der Waals surface area contributed by atoms with E-state index in [-0.39, 0.29) is 0 Å². The average molecular weight is 265 g/mol. The number of aromatic amines is 1. The Balaban J connectivity index is 2.08. The number of hydrogen-bond acceptors (Lipinski definition) is 1. The molecule has 0 aliphatic rings. The number of fused-ring (bicyclic) bond motifs is 1. The Bertz CT molecular complexity index is 518. The third-order valence-corrected chi connectivity index (χ3v) is 4.08. The zero-order chi connectivity index (χ0) is 13.1. The second-order valence-electron chi connectivity index (χ2n) is 5.06. The Morgan fingerprint density at radius 3 is 2.83 bits per heavy atom. The number of rotatable bonds is 5. The van der Waals surface area contributed by atoms with E-state index in [1.54, 1.807) is 0 Å². The SMILES string of the molecule is CCC(C)C(C)NCc1c[nH]c2cc(Cl)ccc12. The van der Waals surface area contributed by atoms with E-state index in [4.69, 9.17) is 11.6 Å². The van der Waals surface area contributed by atoms with Crippen molar-refractivity contribution >= 4 is 22.5 Å². The molecule has 0 aliphatic carbocycles. The van der Waals surface area contributed by atoms with Crippen LogP contribution < -0.4 is 5.32 Å². The van der Waals surface area contributed by atoms with E-state index in [1.807, 2.05) is 12.1 Å². The van der Waals surface area contributed by atoms with Gasteiger partial charge in [-0.3, -0.25) is 0 Å². The molecule has 2 aromatic rings. The van der Waals surface area contributed by atoms with Crippen LogP contribution in [0.2, 0.25) is 5.02 Å². The van der Waals surface area contributed by atoms with Crippen LogP contribution in [0.4, 0.5) is 0 Å². The molecule has 0 amide bonds. The monoisotopic (exact) mass is 264 g/mol. The lowest BCUT2D eigenvalue weighted by atomic mass is 10.0. The van der Waals surface area contributed by atoms with Gasteiger partial charge in [-0.15, -0.1) is 0 Å². The van der Waals surface area contributed by atoms with E-state index in [0.717, 1.165) is 17.1 Å². The lowest BCUT2D eigenvalue weighted by molar-refractivity contribution is 0.390. The summed E-state index contributed by atoms with van der Waals surface area (Å²) < 4.78 is 0. The van der Waals surface area contributed by atoms with Gasteiger partial charge in [-0.05, 0) is 30.5 Å². The molecule has 0 bridgehead atoms. The van der Waals surface area contributed by atoms with E-state index in [2.05, 4.69) is 43.3 Å². The molecule has 1 aromatic heterocycles. The number of aromatic nitrogens is 1. The molecule has 2 rings (SSSR count). The third-order valence-electron chi connectivity index (χ3n) is 3.84. The smallest absolute Gasteiger partial charge is 0.0472 e. The van der Waals surface area contributed by atoms with Crippen molar-refractivity contribution in [3.05, 3.63) is 35.0 Å². The molecule has 2 N–H and O–H groups in total. The van der Waals surface area contributed by atoms with Gasteiger partial charge in [-0.25, -0.2) is 0 Å². The first-order chi connectivity index (χ1) is 8.61. The van der Waals surface area contributed by atoms with Gasteiger partial charge in [0.25, 0.3) is 0 Å². The van der Waals surface area contributed by atoms with E-state index in [9.17, 15) is 0 Å². The Labute approximate surface area is 114 Å². The highest BCUT2D eigenvalue weighted by Gasteiger charge is 2.10. The molecule has 1 heterocycles. The third kappa shape index (κ3) is 2.88. The molecular formula is C15H21ClN2. The summed E-state index contributed by atoms with van der Waals surface area (Å²) >= 11 is 5.98. The standard InChI is InChI=1S/C15H21ClN2/c1-4-10(2)11(3)17-8-12-9-18-15-7-13(16)5-6-14(12)15/h5-7,9-11,17-18H,4,8H2,1-3H3. The molecule has 0 saturated heterocycles. The van der Waals surface area contributed by atoms with Gasteiger partial charge in [0.2, 0.25) is 0 Å². The lowest BCUT2D eigenvalue weighted by Gasteiger charge is -2.19. The van der Waals surface area contributed by atoms with E-state index in [0.29, 0.717) is 12.0 Å². The molecule has 2 atom stereocenters. The number of halogens is 1. The summed E-state index contributed by atoms with van der Waals surface area (Å²) in [5, 5.41) is 5.62. The highest BCUT2D eigenvalue weighted by molar-refractivity contribution is 6.31. The summed E-state index contributed by atoms with van der Waals surface area (Å²) in [4.78, 5) is 3.27. The number of H-pyrrole nitrogens is 1. The van der Waals surface area contributed by atoms with Crippen molar-refractivity contribution < 1.29 is 0 Å². The van der Waals surface area contributed by atoms with Crippen molar-refractivity contribution in [2.45, 2.75) is 39.8 Å². The van der Waals surface area contributed by atoms with E-state index in [1.165, 1.54) is 17.4 Å². The summed E-state index contributed by atoms with van der Waals surface area (Å²) in [6, 6.07) is 6.53. The number of nitrogens with one attached hydrogen (secondary N) is 2. The van der Waals surface area contributed by atoms with Crippen molar-refractivity contribution in [2.24, 2.45) is 5.92 Å². The van der Waals surface area contributed by atoms with Crippen molar-refractivity contribution in [2.75, 3.05) is 0 Å². The Kier molecular flexibility index (Phi) is 4.31. The Hall–Kier alpha value is -0.990. The number of hydrogen-bond donors (Lipinski definition) is 2. The molecule has 3 heteroatoms. The van der Waals surface area contributed by atoms with Crippen LogP contribution in [0, 0.1) is 5.92 Å². The van der Waals surface area contributed by atoms with Gasteiger partial charge in [-0.2, -0.15) is 0 Å². The zero-order valence-corrected chi connectivity index (χ0v) is 12.0. The summed E-state index contributed by atoms with van der Waals surface area (Å²) in [5.74, 6) is 0.699. The molecule has 98 valence electrons. The van der Waals surface area contributed by atoms with Crippen LogP contribution in [0.25, 0.3) is 10.9 Å². The van der Waals surface area contributed by atoms with Gasteiger partial charge >= 0.3 is 0 Å². The quantitative estimate of drug-likeness (QED) is 0.826. The van der Waals surface area contributed by atoms with Crippen LogP contribution >= 0.6 is 11.6 Å². The summed E-state index contributed by atoms with van der Waals surface area (Å²) in [6.07, 6.45) is 3.27. The van der Waals surface area contributed by atoms with Gasteiger partial charge in [0, 0.05) is 34.7 Å². The molecule has 1 aromatic carbocycles. The molecular weight excluding hydrogens is 244 g/mol. The highest BCUT2D eigenvalue weighted by Crippen LogP contribution is 2.22. The van der Waals surface area contributed by atoms with Crippen LogP contribution in [0.5, 0.6) is 0 Å². The van der Waals surface area contributed by atoms with Gasteiger partial charge in [-0.1, -0.05) is 37.9 Å². The minimum absolute atomic E-state index is 0.534. The van der Waals surface area contributed by atoms with Crippen molar-refractivity contribution in [3.63, 3.8) is 0 Å². The largest absolute Gasteiger partial charge is 0.361 e. The summed E-state index contributed by atoms with van der Waals surface area (Å²) in [7, 11) is 0. The van der Waals surface area contributed by atoms with Crippen LogP contribution in [-0.2, 0) is 6.54 Å². The van der Waals surface area contributed by atoms with E-state index >= 15 is 0 Å². The predicted octanol–water partition coefficient (Wildman–Crippen LogP) is 4.35. The van der Waals surface area contributed by atoms with Crippen LogP contribution in [0.3, 0.4) is 0 Å². The first kappa shape index (κ1) is 13.4. The van der Waals surface area contributed by atoms with Crippen LogP contribution in [-0.4, -0.2) is 11.0 Å².